The van der Waals surface area contributed by atoms with Crippen molar-refractivity contribution in [3.63, 3.8) is 0 Å². The first-order valence-corrected chi connectivity index (χ1v) is 4.09. The topological polar surface area (TPSA) is 73.1 Å². The van der Waals surface area contributed by atoms with Crippen LogP contribution < -0.4 is 34.7 Å². The molecule has 0 bridgehead atoms. The third-order valence-corrected chi connectivity index (χ3v) is 1.75. The maximum Gasteiger partial charge on any atom is 1.00 e. The predicted molar refractivity (Wildman–Crippen MR) is 35.6 cm³/mol. The van der Waals surface area contributed by atoms with Crippen LogP contribution in [0.3, 0.4) is 0 Å². The zero-order valence-electron chi connectivity index (χ0n) is 6.06. The molecule has 2 N–H and O–H groups in total. The number of sulfonamides is 1. The second-order valence-corrected chi connectivity index (χ2v) is 3.22. The van der Waals surface area contributed by atoms with Gasteiger partial charge in [0.15, 0.2) is 5.03 Å². The van der Waals surface area contributed by atoms with Gasteiger partial charge >= 0.3 is 29.6 Å². The predicted octanol–water partition coefficient (Wildman–Crippen LogP) is -3.27. The molecule has 0 aromatic carbocycles. The molecule has 0 saturated heterocycles. The van der Waals surface area contributed by atoms with Crippen molar-refractivity contribution in [1.29, 1.82) is 0 Å². The zero-order valence-corrected chi connectivity index (χ0v) is 8.88. The van der Waals surface area contributed by atoms with Crippen LogP contribution >= 0.6 is 0 Å². The molecule has 0 spiro atoms. The maximum atomic E-state index is 10.5. The average Bonchev–Trinajstić information content (AvgIpc) is 1.88. The van der Waals surface area contributed by atoms with Gasteiger partial charge in [-0.25, -0.2) is 18.5 Å². The number of hydrogen-bond donors (Lipinski definition) is 1. The fraction of sp³-hybridized carbons (Fsp3) is 0. The minimum absolute atomic E-state index is 0. The maximum absolute atomic E-state index is 10.5. The number of nitrogens with zero attached hydrogens (tertiary/aromatic N) is 1. The molecule has 1 heterocycles. The van der Waals surface area contributed by atoms with Gasteiger partial charge in [0.1, 0.15) is 0 Å². The van der Waals surface area contributed by atoms with Crippen molar-refractivity contribution in [2.75, 3.05) is 0 Å². The van der Waals surface area contributed by atoms with Crippen LogP contribution in [-0.4, -0.2) is 13.4 Å². The van der Waals surface area contributed by atoms with E-state index in [4.69, 9.17) is 5.14 Å². The van der Waals surface area contributed by atoms with Crippen LogP contribution in [-0.2, 0) is 10.0 Å². The fourth-order valence-corrected chi connectivity index (χ4v) is 0.991. The van der Waals surface area contributed by atoms with Gasteiger partial charge in [-0.15, -0.1) is 0 Å². The van der Waals surface area contributed by atoms with E-state index in [2.05, 4.69) is 4.98 Å². The minimum Gasteiger partial charge on any atom is -0.243 e. The van der Waals surface area contributed by atoms with Crippen LogP contribution in [0.5, 0.6) is 0 Å². The summed E-state index contributed by atoms with van der Waals surface area (Å²) in [6, 6.07) is 4.52. The second kappa shape index (κ2) is 4.18. The largest absolute Gasteiger partial charge is 1.00 e. The van der Waals surface area contributed by atoms with Gasteiger partial charge in [-0.1, -0.05) is 6.07 Å². The number of pyridine rings is 1. The van der Waals surface area contributed by atoms with Gasteiger partial charge in [0.25, 0.3) is 10.0 Å². The van der Waals surface area contributed by atoms with Gasteiger partial charge in [0, 0.05) is 6.20 Å². The number of rotatable bonds is 1. The summed E-state index contributed by atoms with van der Waals surface area (Å²) >= 11 is 0. The third kappa shape index (κ3) is 3.31. The Bertz CT molecular complexity index is 311. The summed E-state index contributed by atoms with van der Waals surface area (Å²) in [6.45, 7) is 0. The molecule has 0 unspecified atom stereocenters. The van der Waals surface area contributed by atoms with Crippen molar-refractivity contribution >= 4 is 10.0 Å². The molecule has 0 radical (unpaired) electrons. The van der Waals surface area contributed by atoms with Crippen molar-refractivity contribution in [3.8, 4) is 0 Å². The van der Waals surface area contributed by atoms with Gasteiger partial charge in [0.2, 0.25) is 0 Å². The Hall–Kier alpha value is 0.0600. The monoisotopic (exact) mass is 181 g/mol. The van der Waals surface area contributed by atoms with E-state index in [1.165, 1.54) is 12.3 Å². The van der Waals surface area contributed by atoms with Crippen molar-refractivity contribution in [2.24, 2.45) is 5.14 Å². The molecule has 1 aromatic heterocycles. The molecule has 0 aliphatic rings. The summed E-state index contributed by atoms with van der Waals surface area (Å²) in [6.07, 6.45) is 1.37. The van der Waals surface area contributed by atoms with Crippen LogP contribution in [0.4, 0.5) is 0 Å². The van der Waals surface area contributed by atoms with E-state index < -0.39 is 10.0 Å². The Morgan fingerprint density at radius 3 is 2.27 bits per heavy atom. The summed E-state index contributed by atoms with van der Waals surface area (Å²) in [5.41, 5.74) is 0. The van der Waals surface area contributed by atoms with Gasteiger partial charge in [-0.05, 0) is 12.1 Å². The van der Waals surface area contributed by atoms with E-state index in [1.807, 2.05) is 0 Å². The molecule has 0 aliphatic heterocycles. The first-order chi connectivity index (χ1) is 4.61. The summed E-state index contributed by atoms with van der Waals surface area (Å²) in [5, 5.41) is 4.66. The Balaban J connectivity index is 0.000001000. The molecular formula is C5H6N2NaO2S+. The quantitative estimate of drug-likeness (QED) is 0.462. The molecule has 0 aliphatic carbocycles. The molecule has 4 nitrogen and oxygen atoms in total. The number of aromatic nitrogens is 1. The fourth-order valence-electron chi connectivity index (χ4n) is 0.515. The van der Waals surface area contributed by atoms with Crippen LogP contribution in [0.1, 0.15) is 0 Å². The van der Waals surface area contributed by atoms with E-state index in [1.54, 1.807) is 12.1 Å². The SMILES string of the molecule is NS(=O)(=O)c1ccccn1.[Na+]. The van der Waals surface area contributed by atoms with Gasteiger partial charge < -0.3 is 0 Å². The molecule has 1 rings (SSSR count). The number of hydrogen-bond acceptors (Lipinski definition) is 3. The number of nitrogens with two attached hydrogens (primary N) is 1. The zero-order chi connectivity index (χ0) is 7.61. The van der Waals surface area contributed by atoms with Gasteiger partial charge in [-0.2, -0.15) is 0 Å². The molecule has 11 heavy (non-hydrogen) atoms. The Morgan fingerprint density at radius 1 is 1.36 bits per heavy atom. The molecule has 54 valence electrons. The molecule has 0 saturated carbocycles. The first kappa shape index (κ1) is 11.1. The van der Waals surface area contributed by atoms with Crippen molar-refractivity contribution in [3.05, 3.63) is 24.4 Å². The van der Waals surface area contributed by atoms with Crippen LogP contribution in [0.15, 0.2) is 29.4 Å². The minimum atomic E-state index is -3.61. The standard InChI is InChI=1S/C5H6N2O2S.Na/c6-10(8,9)5-3-1-2-4-7-5;/h1-4H,(H2,6,8,9);/q;+1. The Labute approximate surface area is 87.2 Å². The molecule has 6 heteroatoms. The molecule has 0 amide bonds. The van der Waals surface area contributed by atoms with Gasteiger partial charge in [0.05, 0.1) is 0 Å². The summed E-state index contributed by atoms with van der Waals surface area (Å²) < 4.78 is 21.1. The molecular weight excluding hydrogens is 175 g/mol. The number of primary sulfonamides is 1. The van der Waals surface area contributed by atoms with Crippen LogP contribution in [0, 0.1) is 0 Å². The van der Waals surface area contributed by atoms with E-state index in [0.29, 0.717) is 0 Å². The summed E-state index contributed by atoms with van der Waals surface area (Å²) in [7, 11) is -3.61. The van der Waals surface area contributed by atoms with E-state index in [0.717, 1.165) is 0 Å². The van der Waals surface area contributed by atoms with Crippen LogP contribution in [0.2, 0.25) is 0 Å². The molecule has 1 aromatic rings. The average molecular weight is 181 g/mol. The molecule has 0 atom stereocenters. The Kier molecular flexibility index (Phi) is 4.20. The van der Waals surface area contributed by atoms with Gasteiger partial charge in [-0.3, -0.25) is 0 Å². The summed E-state index contributed by atoms with van der Waals surface area (Å²) in [4.78, 5) is 3.54. The second-order valence-electron chi connectivity index (χ2n) is 1.71. The van der Waals surface area contributed by atoms with Crippen molar-refractivity contribution in [1.82, 2.24) is 4.98 Å². The Morgan fingerprint density at radius 2 is 2.00 bits per heavy atom. The van der Waals surface area contributed by atoms with Crippen molar-refractivity contribution < 1.29 is 38.0 Å². The first-order valence-electron chi connectivity index (χ1n) is 2.54. The smallest absolute Gasteiger partial charge is 0.243 e. The summed E-state index contributed by atoms with van der Waals surface area (Å²) in [5.74, 6) is 0. The van der Waals surface area contributed by atoms with Crippen molar-refractivity contribution in [2.45, 2.75) is 5.03 Å². The third-order valence-electron chi connectivity index (χ3n) is 0.929. The normalized spacial score (nSPS) is 10.3. The van der Waals surface area contributed by atoms with E-state index >= 15 is 0 Å². The molecule has 0 fully saturated rings. The van der Waals surface area contributed by atoms with Crippen LogP contribution in [0.25, 0.3) is 0 Å². The van der Waals surface area contributed by atoms with E-state index in [9.17, 15) is 8.42 Å². The van der Waals surface area contributed by atoms with E-state index in [-0.39, 0.29) is 34.6 Å².